The van der Waals surface area contributed by atoms with E-state index in [-0.39, 0.29) is 24.0 Å². The van der Waals surface area contributed by atoms with Gasteiger partial charge in [0.05, 0.1) is 13.1 Å². The Balaban J connectivity index is 0.00000288. The van der Waals surface area contributed by atoms with E-state index >= 15 is 0 Å². The van der Waals surface area contributed by atoms with Gasteiger partial charge in [-0.15, -0.1) is 24.0 Å². The predicted octanol–water partition coefficient (Wildman–Crippen LogP) is 2.69. The number of nitrogens with one attached hydrogen (secondary N) is 1. The van der Waals surface area contributed by atoms with Gasteiger partial charge in [0.1, 0.15) is 12.4 Å². The molecule has 0 spiro atoms. The number of aryl methyl sites for hydroxylation is 2. The van der Waals surface area contributed by atoms with E-state index in [1.54, 1.807) is 0 Å². The van der Waals surface area contributed by atoms with Crippen molar-refractivity contribution >= 4 is 29.9 Å². The molecule has 2 rings (SSSR count). The fourth-order valence-electron chi connectivity index (χ4n) is 3.14. The van der Waals surface area contributed by atoms with Gasteiger partial charge in [-0.25, -0.2) is 0 Å². The number of rotatable bonds is 7. The molecule has 0 aromatic heterocycles. The van der Waals surface area contributed by atoms with Crippen molar-refractivity contribution in [2.75, 3.05) is 32.8 Å². The molecule has 24 heavy (non-hydrogen) atoms. The third kappa shape index (κ3) is 6.12. The first-order valence-corrected chi connectivity index (χ1v) is 8.58. The molecule has 1 heterocycles. The maximum absolute atomic E-state index is 5.94. The number of likely N-dealkylation sites (N-methyl/N-ethyl adjacent to an activating group) is 1. The number of nitrogens with two attached hydrogens (primary N) is 1. The van der Waals surface area contributed by atoms with E-state index in [0.29, 0.717) is 25.2 Å². The summed E-state index contributed by atoms with van der Waals surface area (Å²) >= 11 is 0. The Morgan fingerprint density at radius 2 is 2.08 bits per heavy atom. The van der Waals surface area contributed by atoms with Crippen molar-refractivity contribution < 1.29 is 4.74 Å². The summed E-state index contributed by atoms with van der Waals surface area (Å²) in [6.45, 7) is 10.6. The van der Waals surface area contributed by atoms with E-state index in [9.17, 15) is 0 Å². The Bertz CT molecular complexity index is 516. The third-order valence-electron chi connectivity index (χ3n) is 4.44. The third-order valence-corrected chi connectivity index (χ3v) is 4.44. The van der Waals surface area contributed by atoms with Crippen molar-refractivity contribution in [3.8, 4) is 5.75 Å². The number of benzene rings is 1. The lowest BCUT2D eigenvalue weighted by molar-refractivity contribution is 0.273. The first kappa shape index (κ1) is 21.0. The van der Waals surface area contributed by atoms with E-state index in [1.807, 2.05) is 6.07 Å². The lowest BCUT2D eigenvalue weighted by atomic mass is 10.1. The predicted molar refractivity (Wildman–Crippen MR) is 112 cm³/mol. The summed E-state index contributed by atoms with van der Waals surface area (Å²) in [6.07, 6.45) is 2.49. The first-order valence-electron chi connectivity index (χ1n) is 8.58. The summed E-state index contributed by atoms with van der Waals surface area (Å²) in [5.41, 5.74) is 8.26. The lowest BCUT2D eigenvalue weighted by Gasteiger charge is -2.21. The minimum atomic E-state index is 0. The molecule has 1 aliphatic rings. The van der Waals surface area contributed by atoms with E-state index < -0.39 is 0 Å². The Hall–Kier alpha value is -1.02. The van der Waals surface area contributed by atoms with Crippen molar-refractivity contribution in [2.24, 2.45) is 10.7 Å². The van der Waals surface area contributed by atoms with Crippen LogP contribution in [0.3, 0.4) is 0 Å². The first-order chi connectivity index (χ1) is 11.1. The van der Waals surface area contributed by atoms with Gasteiger partial charge in [0.15, 0.2) is 5.96 Å². The Kier molecular flexibility index (Phi) is 9.43. The zero-order valence-corrected chi connectivity index (χ0v) is 17.4. The van der Waals surface area contributed by atoms with Crippen LogP contribution < -0.4 is 15.8 Å². The van der Waals surface area contributed by atoms with Gasteiger partial charge in [0.2, 0.25) is 0 Å². The van der Waals surface area contributed by atoms with Crippen LogP contribution in [0.2, 0.25) is 0 Å². The largest absolute Gasteiger partial charge is 0.491 e. The molecular weight excluding hydrogens is 415 g/mol. The van der Waals surface area contributed by atoms with Crippen molar-refractivity contribution in [3.05, 3.63) is 29.3 Å². The van der Waals surface area contributed by atoms with Crippen LogP contribution in [0, 0.1) is 13.8 Å². The van der Waals surface area contributed by atoms with Crippen LogP contribution in [0.5, 0.6) is 5.75 Å². The summed E-state index contributed by atoms with van der Waals surface area (Å²) in [4.78, 5) is 6.94. The number of aliphatic imine (C=N–C) groups is 1. The highest BCUT2D eigenvalue weighted by molar-refractivity contribution is 14.0. The van der Waals surface area contributed by atoms with Crippen molar-refractivity contribution in [3.63, 3.8) is 0 Å². The zero-order chi connectivity index (χ0) is 16.7. The van der Waals surface area contributed by atoms with Crippen molar-refractivity contribution in [2.45, 2.75) is 39.7 Å². The molecule has 5 nitrogen and oxygen atoms in total. The number of guanidine groups is 1. The van der Waals surface area contributed by atoms with E-state index in [4.69, 9.17) is 10.5 Å². The summed E-state index contributed by atoms with van der Waals surface area (Å²) in [5.74, 6) is 1.48. The summed E-state index contributed by atoms with van der Waals surface area (Å²) in [5, 5.41) is 3.13. The number of nitrogens with zero attached hydrogens (tertiary/aromatic N) is 2. The number of halogens is 1. The van der Waals surface area contributed by atoms with Crippen LogP contribution in [-0.4, -0.2) is 49.7 Å². The zero-order valence-electron chi connectivity index (χ0n) is 15.0. The van der Waals surface area contributed by atoms with Crippen LogP contribution in [0.1, 0.15) is 30.9 Å². The Labute approximate surface area is 163 Å². The van der Waals surface area contributed by atoms with Gasteiger partial charge in [-0.05, 0) is 50.9 Å². The highest BCUT2D eigenvalue weighted by Gasteiger charge is 2.22. The van der Waals surface area contributed by atoms with Gasteiger partial charge in [-0.3, -0.25) is 9.89 Å². The fraction of sp³-hybridized carbons (Fsp3) is 0.611. The van der Waals surface area contributed by atoms with Crippen LogP contribution in [0.4, 0.5) is 0 Å². The molecule has 0 aliphatic carbocycles. The van der Waals surface area contributed by atoms with Gasteiger partial charge < -0.3 is 15.8 Å². The second-order valence-electron chi connectivity index (χ2n) is 6.15. The van der Waals surface area contributed by atoms with E-state index in [1.165, 1.54) is 19.4 Å². The second-order valence-corrected chi connectivity index (χ2v) is 6.15. The Morgan fingerprint density at radius 1 is 1.38 bits per heavy atom. The number of hydrogen-bond donors (Lipinski definition) is 2. The summed E-state index contributed by atoms with van der Waals surface area (Å²) < 4.78 is 5.85. The molecule has 1 aromatic rings. The van der Waals surface area contributed by atoms with E-state index in [0.717, 1.165) is 30.0 Å². The SMILES string of the molecule is CCN1CCCC1CN=C(N)NCCOc1c(C)cccc1C.I. The monoisotopic (exact) mass is 446 g/mol. The molecule has 0 saturated carbocycles. The molecule has 0 radical (unpaired) electrons. The fourth-order valence-corrected chi connectivity index (χ4v) is 3.14. The van der Waals surface area contributed by atoms with E-state index in [2.05, 4.69) is 48.1 Å². The van der Waals surface area contributed by atoms with Crippen LogP contribution in [0.25, 0.3) is 0 Å². The van der Waals surface area contributed by atoms with Crippen LogP contribution in [0.15, 0.2) is 23.2 Å². The minimum absolute atomic E-state index is 0. The number of para-hydroxylation sites is 1. The average molecular weight is 446 g/mol. The number of hydrogen-bond acceptors (Lipinski definition) is 3. The molecule has 0 bridgehead atoms. The molecule has 1 unspecified atom stereocenters. The Morgan fingerprint density at radius 3 is 2.75 bits per heavy atom. The van der Waals surface area contributed by atoms with Gasteiger partial charge in [0, 0.05) is 6.04 Å². The average Bonchev–Trinajstić information content (AvgIpc) is 2.99. The standard InChI is InChI=1S/C18H30N4O.HI/c1-4-22-11-6-9-16(22)13-21-18(19)20-10-12-23-17-14(2)7-5-8-15(17)3;/h5,7-8,16H,4,6,9-13H2,1-3H3,(H3,19,20,21);1H. The molecule has 1 aromatic carbocycles. The maximum atomic E-state index is 5.94. The van der Waals surface area contributed by atoms with Gasteiger partial charge in [0.25, 0.3) is 0 Å². The normalized spacial score (nSPS) is 18.3. The van der Waals surface area contributed by atoms with Crippen LogP contribution in [-0.2, 0) is 0 Å². The smallest absolute Gasteiger partial charge is 0.188 e. The van der Waals surface area contributed by atoms with Gasteiger partial charge in [-0.2, -0.15) is 0 Å². The molecule has 1 saturated heterocycles. The van der Waals surface area contributed by atoms with Gasteiger partial charge in [-0.1, -0.05) is 25.1 Å². The number of likely N-dealkylation sites (tertiary alicyclic amines) is 1. The molecule has 3 N–H and O–H groups in total. The molecule has 1 aliphatic heterocycles. The highest BCUT2D eigenvalue weighted by atomic mass is 127. The maximum Gasteiger partial charge on any atom is 0.188 e. The molecule has 1 fully saturated rings. The molecular formula is C18H31IN4O. The second kappa shape index (κ2) is 10.8. The van der Waals surface area contributed by atoms with Gasteiger partial charge >= 0.3 is 0 Å². The van der Waals surface area contributed by atoms with Crippen molar-refractivity contribution in [1.82, 2.24) is 10.2 Å². The molecule has 136 valence electrons. The minimum Gasteiger partial charge on any atom is -0.491 e. The van der Waals surface area contributed by atoms with Crippen LogP contribution >= 0.6 is 24.0 Å². The summed E-state index contributed by atoms with van der Waals surface area (Å²) in [7, 11) is 0. The quantitative estimate of drug-likeness (QED) is 0.293. The molecule has 6 heteroatoms. The van der Waals surface area contributed by atoms with Crippen molar-refractivity contribution in [1.29, 1.82) is 0 Å². The molecule has 1 atom stereocenters. The number of ether oxygens (including phenoxy) is 1. The summed E-state index contributed by atoms with van der Waals surface area (Å²) in [6, 6.07) is 6.72. The molecule has 0 amide bonds. The highest BCUT2D eigenvalue weighted by Crippen LogP contribution is 2.21. The lowest BCUT2D eigenvalue weighted by Crippen LogP contribution is -2.37. The topological polar surface area (TPSA) is 62.9 Å².